The summed E-state index contributed by atoms with van der Waals surface area (Å²) in [5.74, 6) is -0.725. The molecule has 0 unspecified atom stereocenters. The number of hydrogen-bond donors (Lipinski definition) is 2. The van der Waals surface area contributed by atoms with Crippen molar-refractivity contribution in [3.63, 3.8) is 0 Å². The third-order valence-electron chi connectivity index (χ3n) is 4.44. The number of carbonyl (C=O) groups is 2. The van der Waals surface area contributed by atoms with E-state index in [-0.39, 0.29) is 0 Å². The average molecular weight is 419 g/mol. The highest BCUT2D eigenvalue weighted by Gasteiger charge is 2.09. The molecule has 0 aliphatic heterocycles. The monoisotopic (exact) mass is 418 g/mol. The molecule has 0 amide bonds. The van der Waals surface area contributed by atoms with Crippen molar-refractivity contribution in [2.75, 3.05) is 5.75 Å². The topological polar surface area (TPSA) is 74.6 Å². The van der Waals surface area contributed by atoms with Crippen LogP contribution in [0.3, 0.4) is 0 Å². The van der Waals surface area contributed by atoms with Gasteiger partial charge in [0.2, 0.25) is 0 Å². The third kappa shape index (κ3) is 7.60. The Morgan fingerprint density at radius 1 is 0.714 bits per heavy atom. The molecular formula is C22H26O4S2. The lowest BCUT2D eigenvalue weighted by molar-refractivity contribution is 0.0683. The van der Waals surface area contributed by atoms with Crippen molar-refractivity contribution in [1.82, 2.24) is 0 Å². The minimum Gasteiger partial charge on any atom is -0.478 e. The number of carboxylic acid groups (broad SMARTS) is 2. The minimum absolute atomic E-state index is 0.365. The molecule has 2 N–H and O–H groups in total. The van der Waals surface area contributed by atoms with Crippen molar-refractivity contribution in [2.45, 2.75) is 49.8 Å². The Hall–Kier alpha value is -1.92. The fourth-order valence-electron chi connectivity index (χ4n) is 2.95. The quantitative estimate of drug-likeness (QED) is 0.289. The minimum atomic E-state index is -0.880. The molecule has 0 aliphatic carbocycles. The van der Waals surface area contributed by atoms with Gasteiger partial charge in [0.1, 0.15) is 0 Å². The van der Waals surface area contributed by atoms with Gasteiger partial charge in [-0.1, -0.05) is 77.6 Å². The van der Waals surface area contributed by atoms with Crippen LogP contribution in [0.1, 0.15) is 64.8 Å². The van der Waals surface area contributed by atoms with Crippen LogP contribution in [0.2, 0.25) is 0 Å². The Labute approximate surface area is 174 Å². The third-order valence-corrected chi connectivity index (χ3v) is 6.94. The van der Waals surface area contributed by atoms with Gasteiger partial charge in [-0.15, -0.1) is 0 Å². The lowest BCUT2D eigenvalue weighted by Crippen LogP contribution is -2.02. The summed E-state index contributed by atoms with van der Waals surface area (Å²) in [6.45, 7) is 0. The maximum Gasteiger partial charge on any atom is 0.336 e. The zero-order valence-corrected chi connectivity index (χ0v) is 17.4. The fraction of sp³-hybridized carbons (Fsp3) is 0.364. The number of aromatic carboxylic acids is 2. The normalized spacial score (nSPS) is 10.7. The summed E-state index contributed by atoms with van der Waals surface area (Å²) in [6.07, 6.45) is 7.57. The number of unbranched alkanes of at least 4 members (excludes halogenated alkanes) is 5. The molecule has 2 aromatic rings. The van der Waals surface area contributed by atoms with E-state index >= 15 is 0 Å². The molecule has 0 saturated carbocycles. The van der Waals surface area contributed by atoms with Crippen LogP contribution in [0.25, 0.3) is 0 Å². The zero-order valence-electron chi connectivity index (χ0n) is 15.8. The van der Waals surface area contributed by atoms with E-state index in [0.717, 1.165) is 48.3 Å². The van der Waals surface area contributed by atoms with E-state index in [0.29, 0.717) is 11.1 Å². The zero-order chi connectivity index (χ0) is 20.2. The molecular weight excluding hydrogens is 392 g/mol. The van der Waals surface area contributed by atoms with Crippen LogP contribution in [0.15, 0.2) is 53.4 Å². The first-order valence-electron chi connectivity index (χ1n) is 9.52. The van der Waals surface area contributed by atoms with Gasteiger partial charge in [-0.25, -0.2) is 9.59 Å². The Morgan fingerprint density at radius 3 is 2.00 bits per heavy atom. The van der Waals surface area contributed by atoms with Crippen molar-refractivity contribution in [3.8, 4) is 0 Å². The molecule has 0 saturated heterocycles. The van der Waals surface area contributed by atoms with E-state index in [9.17, 15) is 19.8 Å². The second kappa shape index (κ2) is 12.5. The summed E-state index contributed by atoms with van der Waals surface area (Å²) in [5, 5.41) is 18.4. The second-order valence-corrected chi connectivity index (χ2v) is 9.00. The van der Waals surface area contributed by atoms with Crippen molar-refractivity contribution in [1.29, 1.82) is 0 Å². The van der Waals surface area contributed by atoms with E-state index < -0.39 is 11.9 Å². The molecule has 0 heterocycles. The molecule has 0 aromatic heterocycles. The Kier molecular flexibility index (Phi) is 10.0. The molecule has 150 valence electrons. The fourth-order valence-corrected chi connectivity index (χ4v) is 5.28. The van der Waals surface area contributed by atoms with Crippen LogP contribution in [-0.2, 0) is 6.42 Å². The average Bonchev–Trinajstić information content (AvgIpc) is 2.69. The first-order chi connectivity index (χ1) is 13.6. The van der Waals surface area contributed by atoms with Crippen molar-refractivity contribution >= 4 is 33.5 Å². The molecule has 6 heteroatoms. The van der Waals surface area contributed by atoms with E-state index in [4.69, 9.17) is 0 Å². The van der Waals surface area contributed by atoms with E-state index in [1.54, 1.807) is 35.1 Å². The SMILES string of the molecule is O=C(O)c1ccccc1CCCCCCCCSSc1ccccc1C(=O)O. The van der Waals surface area contributed by atoms with Gasteiger partial charge >= 0.3 is 11.9 Å². The second-order valence-electron chi connectivity index (χ2n) is 6.54. The number of aryl methyl sites for hydroxylation is 1. The predicted octanol–water partition coefficient (Wildman–Crippen LogP) is 6.41. The molecule has 0 aliphatic rings. The van der Waals surface area contributed by atoms with Crippen LogP contribution in [0, 0.1) is 0 Å². The highest BCUT2D eigenvalue weighted by Crippen LogP contribution is 2.34. The number of rotatable bonds is 13. The molecule has 0 radical (unpaired) electrons. The number of hydrogen-bond acceptors (Lipinski definition) is 4. The first-order valence-corrected chi connectivity index (χ1v) is 11.8. The molecule has 4 nitrogen and oxygen atoms in total. The van der Waals surface area contributed by atoms with Gasteiger partial charge in [-0.05, 0) is 43.0 Å². The van der Waals surface area contributed by atoms with Crippen LogP contribution in [0.5, 0.6) is 0 Å². The lowest BCUT2D eigenvalue weighted by atomic mass is 10.0. The number of benzene rings is 2. The van der Waals surface area contributed by atoms with Crippen LogP contribution < -0.4 is 0 Å². The van der Waals surface area contributed by atoms with E-state index in [1.807, 2.05) is 24.3 Å². The van der Waals surface area contributed by atoms with Gasteiger partial charge in [0.25, 0.3) is 0 Å². The van der Waals surface area contributed by atoms with Gasteiger partial charge in [0, 0.05) is 10.6 Å². The number of carboxylic acids is 2. The summed E-state index contributed by atoms with van der Waals surface area (Å²) in [7, 11) is 3.24. The van der Waals surface area contributed by atoms with Gasteiger partial charge in [0.05, 0.1) is 11.1 Å². The van der Waals surface area contributed by atoms with Crippen molar-refractivity contribution in [2.24, 2.45) is 0 Å². The predicted molar refractivity (Wildman–Crippen MR) is 117 cm³/mol. The Bertz CT molecular complexity index is 711. The standard InChI is InChI=1S/C22H26O4S2/c23-21(24)18-13-7-6-12-17(18)11-5-3-1-2-4-10-16-27-28-20-15-9-8-14-19(20)22(25)26/h6-9,12-15H,1-5,10-11,16H2,(H,23,24)(H,25,26). The Balaban J connectivity index is 1.53. The summed E-state index contributed by atoms with van der Waals surface area (Å²) in [5.41, 5.74) is 1.70. The van der Waals surface area contributed by atoms with E-state index in [1.165, 1.54) is 23.6 Å². The van der Waals surface area contributed by atoms with Crippen molar-refractivity contribution in [3.05, 3.63) is 65.2 Å². The Morgan fingerprint density at radius 2 is 1.29 bits per heavy atom. The molecule has 0 bridgehead atoms. The van der Waals surface area contributed by atoms with Crippen LogP contribution in [-0.4, -0.2) is 27.9 Å². The summed E-state index contributed by atoms with van der Waals surface area (Å²) >= 11 is 0. The molecule has 2 aromatic carbocycles. The summed E-state index contributed by atoms with van der Waals surface area (Å²) < 4.78 is 0. The van der Waals surface area contributed by atoms with Gasteiger partial charge < -0.3 is 10.2 Å². The highest BCUT2D eigenvalue weighted by atomic mass is 33.1. The first kappa shape index (κ1) is 22.4. The molecule has 0 spiro atoms. The molecule has 0 fully saturated rings. The molecule has 2 rings (SSSR count). The smallest absolute Gasteiger partial charge is 0.336 e. The van der Waals surface area contributed by atoms with Crippen molar-refractivity contribution < 1.29 is 19.8 Å². The maximum atomic E-state index is 11.2. The van der Waals surface area contributed by atoms with Crippen LogP contribution in [0.4, 0.5) is 0 Å². The summed E-state index contributed by atoms with van der Waals surface area (Å²) in [6, 6.07) is 14.3. The van der Waals surface area contributed by atoms with Gasteiger partial charge in [0.15, 0.2) is 0 Å². The van der Waals surface area contributed by atoms with Gasteiger partial charge in [-0.3, -0.25) is 0 Å². The van der Waals surface area contributed by atoms with Crippen LogP contribution >= 0.6 is 21.6 Å². The van der Waals surface area contributed by atoms with Gasteiger partial charge in [-0.2, -0.15) is 0 Å². The molecule has 28 heavy (non-hydrogen) atoms. The highest BCUT2D eigenvalue weighted by molar-refractivity contribution is 8.76. The maximum absolute atomic E-state index is 11.2. The lowest BCUT2D eigenvalue weighted by Gasteiger charge is -2.06. The molecule has 0 atom stereocenters. The largest absolute Gasteiger partial charge is 0.478 e. The van der Waals surface area contributed by atoms with E-state index in [2.05, 4.69) is 0 Å². The summed E-state index contributed by atoms with van der Waals surface area (Å²) in [4.78, 5) is 23.2.